The van der Waals surface area contributed by atoms with E-state index in [1.807, 2.05) is 43.3 Å². The molecule has 0 N–H and O–H groups in total. The van der Waals surface area contributed by atoms with E-state index in [1.54, 1.807) is 24.1 Å². The van der Waals surface area contributed by atoms with Gasteiger partial charge in [0, 0.05) is 24.2 Å². The van der Waals surface area contributed by atoms with Gasteiger partial charge < -0.3 is 14.4 Å². The molecule has 3 aromatic carbocycles. The van der Waals surface area contributed by atoms with Crippen LogP contribution in [0.1, 0.15) is 32.6 Å². The molecule has 0 unspecified atom stereocenters. The molecule has 3 aromatic rings. The van der Waals surface area contributed by atoms with E-state index in [0.29, 0.717) is 41.8 Å². The van der Waals surface area contributed by atoms with E-state index in [1.165, 1.54) is 0 Å². The van der Waals surface area contributed by atoms with Crippen LogP contribution in [-0.4, -0.2) is 26.3 Å². The average molecular weight is 449 g/mol. The first-order chi connectivity index (χ1) is 15.5. The molecule has 1 aliphatic rings. The topological polar surface area (TPSA) is 51.1 Å². The van der Waals surface area contributed by atoms with Crippen molar-refractivity contribution in [1.29, 1.82) is 0 Å². The van der Waals surface area contributed by atoms with E-state index in [4.69, 9.17) is 21.1 Å². The molecule has 32 heavy (non-hydrogen) atoms. The number of halogens is 1. The summed E-state index contributed by atoms with van der Waals surface area (Å²) in [4.78, 5) is 19.3. The first-order valence-electron chi connectivity index (χ1n) is 10.4. The number of amides is 1. The van der Waals surface area contributed by atoms with Crippen LogP contribution in [-0.2, 0) is 18.9 Å². The zero-order valence-electron chi connectivity index (χ0n) is 18.2. The SMILES string of the molecule is C=Nc1cc(OCc2cc(C)cc(CCl)c2)c(OC)cc1C(=O)N1CCc2ccccc21. The minimum absolute atomic E-state index is 0.132. The highest BCUT2D eigenvalue weighted by Gasteiger charge is 2.28. The number of methoxy groups -OCH3 is 1. The number of para-hydroxylation sites is 1. The summed E-state index contributed by atoms with van der Waals surface area (Å²) in [6.07, 6.45) is 0.831. The molecule has 0 bridgehead atoms. The van der Waals surface area contributed by atoms with Gasteiger partial charge in [-0.1, -0.05) is 42.0 Å². The molecule has 0 atom stereocenters. The fraction of sp³-hybridized carbons (Fsp3) is 0.231. The van der Waals surface area contributed by atoms with Crippen LogP contribution in [0.25, 0.3) is 0 Å². The van der Waals surface area contributed by atoms with Gasteiger partial charge in [-0.3, -0.25) is 9.79 Å². The number of alkyl halides is 1. The van der Waals surface area contributed by atoms with Gasteiger partial charge in [0.05, 0.1) is 18.4 Å². The van der Waals surface area contributed by atoms with Gasteiger partial charge in [0.25, 0.3) is 5.91 Å². The highest BCUT2D eigenvalue weighted by Crippen LogP contribution is 2.38. The van der Waals surface area contributed by atoms with Crippen molar-refractivity contribution in [3.05, 3.63) is 82.4 Å². The molecule has 6 heteroatoms. The number of carbonyl (C=O) groups is 1. The molecule has 1 amide bonds. The van der Waals surface area contributed by atoms with E-state index in [0.717, 1.165) is 34.4 Å². The van der Waals surface area contributed by atoms with Gasteiger partial charge in [0.2, 0.25) is 0 Å². The zero-order chi connectivity index (χ0) is 22.7. The summed E-state index contributed by atoms with van der Waals surface area (Å²) in [7, 11) is 1.56. The van der Waals surface area contributed by atoms with Gasteiger partial charge in [0.1, 0.15) is 6.61 Å². The highest BCUT2D eigenvalue weighted by atomic mass is 35.5. The van der Waals surface area contributed by atoms with Crippen LogP contribution in [0.2, 0.25) is 0 Å². The Bertz CT molecular complexity index is 1180. The lowest BCUT2D eigenvalue weighted by atomic mass is 10.1. The molecular formula is C26H25ClN2O3. The maximum atomic E-state index is 13.4. The molecule has 1 aliphatic heterocycles. The Morgan fingerprint density at radius 3 is 2.66 bits per heavy atom. The number of hydrogen-bond acceptors (Lipinski definition) is 4. The Morgan fingerprint density at radius 2 is 1.91 bits per heavy atom. The Hall–Kier alpha value is -3.31. The lowest BCUT2D eigenvalue weighted by Gasteiger charge is -2.20. The van der Waals surface area contributed by atoms with Crippen LogP contribution < -0.4 is 14.4 Å². The monoisotopic (exact) mass is 448 g/mol. The van der Waals surface area contributed by atoms with E-state index < -0.39 is 0 Å². The molecule has 164 valence electrons. The molecule has 0 aliphatic carbocycles. The van der Waals surface area contributed by atoms with Gasteiger partial charge in [-0.2, -0.15) is 0 Å². The molecule has 4 rings (SSSR count). The van der Waals surface area contributed by atoms with E-state index in [2.05, 4.69) is 17.8 Å². The molecule has 1 heterocycles. The van der Waals surface area contributed by atoms with Crippen molar-refractivity contribution in [2.75, 3.05) is 18.6 Å². The van der Waals surface area contributed by atoms with Gasteiger partial charge in [-0.05, 0) is 48.9 Å². The minimum Gasteiger partial charge on any atom is -0.493 e. The summed E-state index contributed by atoms with van der Waals surface area (Å²) in [5, 5.41) is 0. The van der Waals surface area contributed by atoms with Gasteiger partial charge >= 0.3 is 0 Å². The number of hydrogen-bond donors (Lipinski definition) is 0. The highest BCUT2D eigenvalue weighted by molar-refractivity contribution is 6.17. The third-order valence-corrected chi connectivity index (χ3v) is 5.87. The first kappa shape index (κ1) is 21.9. The second-order valence-corrected chi connectivity index (χ2v) is 8.03. The van der Waals surface area contributed by atoms with Crippen molar-refractivity contribution in [3.8, 4) is 11.5 Å². The van der Waals surface area contributed by atoms with Crippen LogP contribution in [0.15, 0.2) is 59.6 Å². The van der Waals surface area contributed by atoms with Crippen LogP contribution in [0.3, 0.4) is 0 Å². The maximum absolute atomic E-state index is 13.4. The summed E-state index contributed by atoms with van der Waals surface area (Å²) in [5.41, 5.74) is 6.15. The standard InChI is InChI=1S/C26H25ClN2O3/c1-17-10-18(15-27)12-19(11-17)16-32-25-14-22(28-2)21(13-24(25)31-3)26(30)29-9-8-20-6-4-5-7-23(20)29/h4-7,10-14H,2,8-9,15-16H2,1,3H3. The largest absolute Gasteiger partial charge is 0.493 e. The number of aliphatic imine (C=N–C) groups is 1. The molecule has 5 nitrogen and oxygen atoms in total. The molecule has 0 spiro atoms. The Balaban J connectivity index is 1.62. The van der Waals surface area contributed by atoms with Crippen LogP contribution >= 0.6 is 11.6 Å². The van der Waals surface area contributed by atoms with Crippen LogP contribution in [0.4, 0.5) is 11.4 Å². The van der Waals surface area contributed by atoms with Crippen molar-refractivity contribution in [3.63, 3.8) is 0 Å². The number of carbonyl (C=O) groups excluding carboxylic acids is 1. The third-order valence-electron chi connectivity index (χ3n) is 5.56. The zero-order valence-corrected chi connectivity index (χ0v) is 19.0. The third kappa shape index (κ3) is 4.34. The maximum Gasteiger partial charge on any atom is 0.260 e. The Morgan fingerprint density at radius 1 is 1.12 bits per heavy atom. The second-order valence-electron chi connectivity index (χ2n) is 7.76. The smallest absolute Gasteiger partial charge is 0.260 e. The predicted octanol–water partition coefficient (Wildman–Crippen LogP) is 5.86. The molecule has 0 fully saturated rings. The van der Waals surface area contributed by atoms with Crippen molar-refractivity contribution < 1.29 is 14.3 Å². The van der Waals surface area contributed by atoms with Crippen molar-refractivity contribution in [2.45, 2.75) is 25.8 Å². The summed E-state index contributed by atoms with van der Waals surface area (Å²) in [5.74, 6) is 1.28. The predicted molar refractivity (Wildman–Crippen MR) is 129 cm³/mol. The average Bonchev–Trinajstić information content (AvgIpc) is 3.25. The summed E-state index contributed by atoms with van der Waals surface area (Å²) in [6.45, 7) is 6.66. The second kappa shape index (κ2) is 9.45. The minimum atomic E-state index is -0.132. The number of benzene rings is 3. The molecular weight excluding hydrogens is 424 g/mol. The first-order valence-corrected chi connectivity index (χ1v) is 10.9. The van der Waals surface area contributed by atoms with Crippen LogP contribution in [0.5, 0.6) is 11.5 Å². The van der Waals surface area contributed by atoms with E-state index in [9.17, 15) is 4.79 Å². The lowest BCUT2D eigenvalue weighted by molar-refractivity contribution is 0.0989. The lowest BCUT2D eigenvalue weighted by Crippen LogP contribution is -2.29. The normalized spacial score (nSPS) is 12.4. The fourth-order valence-electron chi connectivity index (χ4n) is 4.09. The molecule has 0 saturated carbocycles. The van der Waals surface area contributed by atoms with Crippen molar-refractivity contribution in [2.24, 2.45) is 4.99 Å². The fourth-order valence-corrected chi connectivity index (χ4v) is 4.24. The quantitative estimate of drug-likeness (QED) is 0.336. The summed E-state index contributed by atoms with van der Waals surface area (Å²) >= 11 is 5.99. The summed E-state index contributed by atoms with van der Waals surface area (Å²) in [6, 6.07) is 17.5. The molecule has 0 radical (unpaired) electrons. The number of rotatable bonds is 7. The van der Waals surface area contributed by atoms with Crippen molar-refractivity contribution >= 4 is 35.6 Å². The number of aryl methyl sites for hydroxylation is 1. The number of ether oxygens (including phenoxy) is 2. The van der Waals surface area contributed by atoms with Crippen LogP contribution in [0, 0.1) is 6.92 Å². The number of anilines is 1. The van der Waals surface area contributed by atoms with Crippen molar-refractivity contribution in [1.82, 2.24) is 0 Å². The van der Waals surface area contributed by atoms with Gasteiger partial charge in [-0.25, -0.2) is 0 Å². The molecule has 0 aromatic heterocycles. The number of fused-ring (bicyclic) bond motifs is 1. The Kier molecular flexibility index (Phi) is 6.47. The van der Waals surface area contributed by atoms with Gasteiger partial charge in [0.15, 0.2) is 11.5 Å². The number of nitrogens with zero attached hydrogens (tertiary/aromatic N) is 2. The Labute approximate surface area is 193 Å². The van der Waals surface area contributed by atoms with E-state index in [-0.39, 0.29) is 5.91 Å². The summed E-state index contributed by atoms with van der Waals surface area (Å²) < 4.78 is 11.6. The van der Waals surface area contributed by atoms with E-state index >= 15 is 0 Å². The molecule has 0 saturated heterocycles. The van der Waals surface area contributed by atoms with Gasteiger partial charge in [-0.15, -0.1) is 11.6 Å².